The molecule has 5 heteroatoms. The van der Waals surface area contributed by atoms with Gasteiger partial charge in [0, 0.05) is 29.0 Å². The van der Waals surface area contributed by atoms with Crippen molar-refractivity contribution in [3.05, 3.63) is 63.3 Å². The maximum Gasteiger partial charge on any atom is 0.251 e. The van der Waals surface area contributed by atoms with Crippen molar-refractivity contribution in [1.82, 2.24) is 10.3 Å². The van der Waals surface area contributed by atoms with Gasteiger partial charge in [0.1, 0.15) is 0 Å². The first-order valence-electron chi connectivity index (χ1n) is 5.79. The van der Waals surface area contributed by atoms with Crippen LogP contribution in [0.15, 0.2) is 47.2 Å². The van der Waals surface area contributed by atoms with Gasteiger partial charge in [-0.05, 0) is 52.2 Å². The summed E-state index contributed by atoms with van der Waals surface area (Å²) in [6.07, 6.45) is 4.28. The standard InChI is InChI=1S/C14H12BrClN2O/c15-12-8-11(3-4-13(12)16)14(19)18-7-5-10-2-1-6-17-9-10/h1-4,6,8-9H,5,7H2,(H,18,19). The van der Waals surface area contributed by atoms with Crippen molar-refractivity contribution in [2.75, 3.05) is 6.54 Å². The number of pyridine rings is 1. The van der Waals surface area contributed by atoms with Crippen molar-refractivity contribution >= 4 is 33.4 Å². The fraction of sp³-hybridized carbons (Fsp3) is 0.143. The van der Waals surface area contributed by atoms with Crippen LogP contribution in [0, 0.1) is 0 Å². The van der Waals surface area contributed by atoms with Crippen LogP contribution in [0.1, 0.15) is 15.9 Å². The summed E-state index contributed by atoms with van der Waals surface area (Å²) in [7, 11) is 0. The monoisotopic (exact) mass is 338 g/mol. The number of nitrogens with zero attached hydrogens (tertiary/aromatic N) is 1. The van der Waals surface area contributed by atoms with Gasteiger partial charge in [-0.15, -0.1) is 0 Å². The van der Waals surface area contributed by atoms with E-state index in [9.17, 15) is 4.79 Å². The number of carbonyl (C=O) groups excluding carboxylic acids is 1. The quantitative estimate of drug-likeness (QED) is 0.927. The van der Waals surface area contributed by atoms with Gasteiger partial charge in [0.05, 0.1) is 5.02 Å². The Morgan fingerprint density at radius 3 is 2.89 bits per heavy atom. The highest BCUT2D eigenvalue weighted by molar-refractivity contribution is 9.10. The van der Waals surface area contributed by atoms with E-state index < -0.39 is 0 Å². The van der Waals surface area contributed by atoms with Crippen molar-refractivity contribution in [2.24, 2.45) is 0 Å². The van der Waals surface area contributed by atoms with Crippen LogP contribution >= 0.6 is 27.5 Å². The maximum atomic E-state index is 11.9. The molecule has 1 aromatic heterocycles. The van der Waals surface area contributed by atoms with E-state index in [1.54, 1.807) is 30.6 Å². The molecule has 1 amide bonds. The second-order valence-corrected chi connectivity index (χ2v) is 5.26. The van der Waals surface area contributed by atoms with E-state index in [-0.39, 0.29) is 5.91 Å². The lowest BCUT2D eigenvalue weighted by molar-refractivity contribution is 0.0954. The lowest BCUT2D eigenvalue weighted by Gasteiger charge is -2.06. The topological polar surface area (TPSA) is 42.0 Å². The van der Waals surface area contributed by atoms with Gasteiger partial charge in [0.15, 0.2) is 0 Å². The van der Waals surface area contributed by atoms with Crippen molar-refractivity contribution in [2.45, 2.75) is 6.42 Å². The second-order valence-electron chi connectivity index (χ2n) is 4.00. The molecule has 0 bridgehead atoms. The summed E-state index contributed by atoms with van der Waals surface area (Å²) in [6.45, 7) is 0.574. The van der Waals surface area contributed by atoms with Crippen LogP contribution in [0.3, 0.4) is 0 Å². The van der Waals surface area contributed by atoms with Gasteiger partial charge < -0.3 is 5.32 Å². The van der Waals surface area contributed by atoms with Gasteiger partial charge in [0.25, 0.3) is 5.91 Å². The normalized spacial score (nSPS) is 10.2. The first kappa shape index (κ1) is 14.0. The molecule has 1 aromatic carbocycles. The second kappa shape index (κ2) is 6.68. The first-order chi connectivity index (χ1) is 9.16. The molecule has 19 heavy (non-hydrogen) atoms. The maximum absolute atomic E-state index is 11.9. The number of halogens is 2. The first-order valence-corrected chi connectivity index (χ1v) is 6.96. The molecule has 0 saturated heterocycles. The summed E-state index contributed by atoms with van der Waals surface area (Å²) in [5, 5.41) is 3.45. The molecule has 0 aliphatic heterocycles. The molecule has 0 aliphatic rings. The van der Waals surface area contributed by atoms with E-state index in [0.717, 1.165) is 12.0 Å². The predicted molar refractivity (Wildman–Crippen MR) is 79.4 cm³/mol. The summed E-state index contributed by atoms with van der Waals surface area (Å²) in [4.78, 5) is 15.9. The molecule has 0 radical (unpaired) electrons. The Hall–Kier alpha value is -1.39. The zero-order valence-corrected chi connectivity index (χ0v) is 12.4. The summed E-state index contributed by atoms with van der Waals surface area (Å²) < 4.78 is 0.717. The SMILES string of the molecule is O=C(NCCc1cccnc1)c1ccc(Cl)c(Br)c1. The Kier molecular flexibility index (Phi) is 4.93. The molecule has 0 aliphatic carbocycles. The van der Waals surface area contributed by atoms with Gasteiger partial charge in [0.2, 0.25) is 0 Å². The van der Waals surface area contributed by atoms with Gasteiger partial charge in [-0.3, -0.25) is 9.78 Å². The number of rotatable bonds is 4. The molecule has 1 N–H and O–H groups in total. The van der Waals surface area contributed by atoms with E-state index >= 15 is 0 Å². The molecule has 0 fully saturated rings. The van der Waals surface area contributed by atoms with Gasteiger partial charge in [-0.25, -0.2) is 0 Å². The van der Waals surface area contributed by atoms with Crippen LogP contribution in [0.4, 0.5) is 0 Å². The molecule has 1 heterocycles. The molecule has 98 valence electrons. The molecule has 0 atom stereocenters. The Bertz CT molecular complexity index is 575. The smallest absolute Gasteiger partial charge is 0.251 e. The number of aromatic nitrogens is 1. The van der Waals surface area contributed by atoms with Crippen molar-refractivity contribution in [3.8, 4) is 0 Å². The Morgan fingerprint density at radius 1 is 1.37 bits per heavy atom. The van der Waals surface area contributed by atoms with E-state index in [2.05, 4.69) is 26.2 Å². The Balaban J connectivity index is 1.89. The van der Waals surface area contributed by atoms with Crippen LogP contribution < -0.4 is 5.32 Å². The molecular weight excluding hydrogens is 328 g/mol. The fourth-order valence-electron chi connectivity index (χ4n) is 1.61. The third-order valence-electron chi connectivity index (χ3n) is 2.60. The highest BCUT2D eigenvalue weighted by atomic mass is 79.9. The average molecular weight is 340 g/mol. The molecule has 3 nitrogen and oxygen atoms in total. The highest BCUT2D eigenvalue weighted by Crippen LogP contribution is 2.23. The number of benzene rings is 1. The summed E-state index contributed by atoms with van der Waals surface area (Å²) in [5.74, 6) is -0.110. The zero-order chi connectivity index (χ0) is 13.7. The number of hydrogen-bond acceptors (Lipinski definition) is 2. The van der Waals surface area contributed by atoms with Gasteiger partial charge >= 0.3 is 0 Å². The number of nitrogens with one attached hydrogen (secondary N) is 1. The van der Waals surface area contributed by atoms with E-state index in [4.69, 9.17) is 11.6 Å². The number of carbonyl (C=O) groups is 1. The zero-order valence-electron chi connectivity index (χ0n) is 10.1. The van der Waals surface area contributed by atoms with Crippen LogP contribution in [0.2, 0.25) is 5.02 Å². The minimum atomic E-state index is -0.110. The van der Waals surface area contributed by atoms with Gasteiger partial charge in [-0.1, -0.05) is 17.7 Å². The molecule has 2 aromatic rings. The summed E-state index contributed by atoms with van der Waals surface area (Å²) >= 11 is 9.18. The van der Waals surface area contributed by atoms with Crippen LogP contribution in [-0.4, -0.2) is 17.4 Å². The third-order valence-corrected chi connectivity index (χ3v) is 3.82. The fourth-order valence-corrected chi connectivity index (χ4v) is 2.10. The van der Waals surface area contributed by atoms with Crippen LogP contribution in [0.25, 0.3) is 0 Å². The average Bonchev–Trinajstić information content (AvgIpc) is 2.43. The Morgan fingerprint density at radius 2 is 2.21 bits per heavy atom. The van der Waals surface area contributed by atoms with Crippen molar-refractivity contribution < 1.29 is 4.79 Å². The third kappa shape index (κ3) is 4.04. The van der Waals surface area contributed by atoms with E-state index in [1.165, 1.54) is 0 Å². The summed E-state index contributed by atoms with van der Waals surface area (Å²) in [6, 6.07) is 8.97. The van der Waals surface area contributed by atoms with Crippen molar-refractivity contribution in [3.63, 3.8) is 0 Å². The van der Waals surface area contributed by atoms with Crippen molar-refractivity contribution in [1.29, 1.82) is 0 Å². The Labute approximate surface area is 125 Å². The van der Waals surface area contributed by atoms with Crippen LogP contribution in [0.5, 0.6) is 0 Å². The molecular formula is C14H12BrClN2O. The lowest BCUT2D eigenvalue weighted by atomic mass is 10.2. The lowest BCUT2D eigenvalue weighted by Crippen LogP contribution is -2.25. The highest BCUT2D eigenvalue weighted by Gasteiger charge is 2.07. The molecule has 0 saturated carbocycles. The molecule has 2 rings (SSSR count). The van der Waals surface area contributed by atoms with E-state index in [1.807, 2.05) is 12.1 Å². The summed E-state index contributed by atoms with van der Waals surface area (Å²) in [5.41, 5.74) is 1.68. The molecule has 0 spiro atoms. The molecule has 0 unspecified atom stereocenters. The minimum absolute atomic E-state index is 0.110. The number of hydrogen-bond donors (Lipinski definition) is 1. The largest absolute Gasteiger partial charge is 0.352 e. The van der Waals surface area contributed by atoms with Crippen LogP contribution in [-0.2, 0) is 6.42 Å². The minimum Gasteiger partial charge on any atom is -0.352 e. The van der Waals surface area contributed by atoms with E-state index in [0.29, 0.717) is 21.6 Å². The van der Waals surface area contributed by atoms with Gasteiger partial charge in [-0.2, -0.15) is 0 Å². The predicted octanol–water partition coefficient (Wildman–Crippen LogP) is 3.47. The number of amides is 1.